The lowest BCUT2D eigenvalue weighted by Crippen LogP contribution is -2.21. The Bertz CT molecular complexity index is 961. The maximum atomic E-state index is 11.9. The van der Waals surface area contributed by atoms with Crippen LogP contribution < -0.4 is 5.73 Å². The summed E-state index contributed by atoms with van der Waals surface area (Å²) in [5.74, 6) is -0.567. The van der Waals surface area contributed by atoms with Crippen molar-refractivity contribution in [3.63, 3.8) is 0 Å². The van der Waals surface area contributed by atoms with Crippen molar-refractivity contribution >= 4 is 31.1 Å². The molecule has 2 aliphatic carbocycles. The van der Waals surface area contributed by atoms with Crippen molar-refractivity contribution in [2.24, 2.45) is 0 Å². The first-order valence-corrected chi connectivity index (χ1v) is 12.2. The van der Waals surface area contributed by atoms with Gasteiger partial charge >= 0.3 is 0 Å². The van der Waals surface area contributed by atoms with Crippen molar-refractivity contribution in [1.82, 2.24) is 5.73 Å². The molecule has 1 N–H and O–H groups in total. The molecule has 0 bridgehead atoms. The Labute approximate surface area is 165 Å². The number of carbonyl (C=O) groups excluding carboxylic acids is 1. The minimum absolute atomic E-state index is 0.0630. The van der Waals surface area contributed by atoms with Crippen molar-refractivity contribution in [3.8, 4) is 0 Å². The number of hydrogen-bond acceptors (Lipinski definition) is 1. The molecule has 141 valence electrons. The van der Waals surface area contributed by atoms with E-state index in [9.17, 15) is 4.79 Å². The van der Waals surface area contributed by atoms with E-state index in [1.165, 1.54) is 38.6 Å². The molecule has 0 saturated heterocycles. The number of hydrogen-bond donors (Lipinski definition) is 0. The minimum atomic E-state index is -0.665. The lowest BCUT2D eigenvalue weighted by atomic mass is 9.79. The van der Waals surface area contributed by atoms with Crippen LogP contribution in [-0.4, -0.2) is 19.5 Å². The van der Waals surface area contributed by atoms with Crippen LogP contribution in [0.2, 0.25) is 13.1 Å². The molecule has 0 spiro atoms. The maximum Gasteiger partial charge on any atom is 0.269 e. The summed E-state index contributed by atoms with van der Waals surface area (Å²) in [6.07, 6.45) is 6.05. The predicted octanol–water partition coefficient (Wildman–Crippen LogP) is 5.37. The molecule has 0 atom stereocenters. The van der Waals surface area contributed by atoms with Crippen LogP contribution in [0.15, 0.2) is 34.9 Å². The zero-order valence-corrected chi connectivity index (χ0v) is 18.6. The van der Waals surface area contributed by atoms with E-state index >= 15 is 0 Å². The van der Waals surface area contributed by atoms with Gasteiger partial charge in [-0.2, -0.15) is 0 Å². The van der Waals surface area contributed by atoms with Crippen LogP contribution in [0.3, 0.4) is 0 Å². The molecule has 1 aromatic rings. The number of amides is 1. The Balaban J connectivity index is 2.36. The van der Waals surface area contributed by atoms with Gasteiger partial charge in [-0.25, -0.2) is 0 Å². The Morgan fingerprint density at radius 2 is 1.81 bits per heavy atom. The summed E-state index contributed by atoms with van der Waals surface area (Å²) in [6, 6.07) is 4.69. The molecular weight excluding hydrogens is 346 g/mol. The fourth-order valence-electron chi connectivity index (χ4n) is 4.17. The standard InChI is InChI=1S/C24H30NOSi/c1-14-10-16-12-17(24(3,4)5)13-20(19(16)11-14)22-15(2)18(23(25)26)8-9-21(22)27(6)7/h8,10,12-13,25H,9,11H2,1-7H3. The molecule has 0 unspecified atom stereocenters. The van der Waals surface area contributed by atoms with E-state index in [0.717, 1.165) is 18.4 Å². The first-order chi connectivity index (χ1) is 12.5. The summed E-state index contributed by atoms with van der Waals surface area (Å²) < 4.78 is 0. The van der Waals surface area contributed by atoms with Gasteiger partial charge < -0.3 is 0 Å². The minimum Gasteiger partial charge on any atom is -0.267 e. The van der Waals surface area contributed by atoms with E-state index < -0.39 is 14.3 Å². The van der Waals surface area contributed by atoms with E-state index in [0.29, 0.717) is 5.57 Å². The second-order valence-corrected chi connectivity index (χ2v) is 11.7. The Hall–Kier alpha value is -2.00. The van der Waals surface area contributed by atoms with Crippen LogP contribution in [0.25, 0.3) is 11.6 Å². The van der Waals surface area contributed by atoms with E-state index in [4.69, 9.17) is 5.73 Å². The zero-order valence-electron chi connectivity index (χ0n) is 17.6. The fraction of sp³-hybridized carbons (Fsp3) is 0.417. The van der Waals surface area contributed by atoms with E-state index in [-0.39, 0.29) is 5.41 Å². The molecule has 1 aromatic carbocycles. The van der Waals surface area contributed by atoms with Gasteiger partial charge in [0.25, 0.3) is 5.91 Å². The number of fused-ring (bicyclic) bond motifs is 1. The molecule has 0 heterocycles. The van der Waals surface area contributed by atoms with Gasteiger partial charge in [-0.15, -0.1) is 0 Å². The molecule has 3 heteroatoms. The molecule has 27 heavy (non-hydrogen) atoms. The number of benzene rings is 1. The van der Waals surface area contributed by atoms with E-state index in [1.807, 2.05) is 13.0 Å². The van der Waals surface area contributed by atoms with Crippen LogP contribution >= 0.6 is 0 Å². The molecule has 3 rings (SSSR count). The summed E-state index contributed by atoms with van der Waals surface area (Å²) >= 11 is 0. The fourth-order valence-corrected chi connectivity index (χ4v) is 5.51. The second kappa shape index (κ2) is 6.86. The highest BCUT2D eigenvalue weighted by Crippen LogP contribution is 2.40. The lowest BCUT2D eigenvalue weighted by Gasteiger charge is -2.27. The number of allylic oxidation sites excluding steroid dienone is 3. The van der Waals surface area contributed by atoms with Gasteiger partial charge in [-0.1, -0.05) is 68.9 Å². The van der Waals surface area contributed by atoms with Gasteiger partial charge in [-0.05, 0) is 65.5 Å². The molecule has 0 aliphatic heterocycles. The summed E-state index contributed by atoms with van der Waals surface area (Å²) in [6.45, 7) is 15.6. The first-order valence-electron chi connectivity index (χ1n) is 9.69. The molecule has 2 nitrogen and oxygen atoms in total. The van der Waals surface area contributed by atoms with Crippen molar-refractivity contribution in [3.05, 3.63) is 57.2 Å². The van der Waals surface area contributed by atoms with Gasteiger partial charge in [0.1, 0.15) is 0 Å². The van der Waals surface area contributed by atoms with Gasteiger partial charge in [0.05, 0.1) is 0 Å². The Kier molecular flexibility index (Phi) is 5.02. The average molecular weight is 377 g/mol. The molecule has 0 aromatic heterocycles. The smallest absolute Gasteiger partial charge is 0.267 e. The van der Waals surface area contributed by atoms with E-state index in [1.54, 1.807) is 0 Å². The SMILES string of the molecule is CC1=Cc2cc(C(C)(C)C)cc(C3=C(C)C(C([NH])=O)=CCC3=[Si](C)C)c2C1. The largest absolute Gasteiger partial charge is 0.269 e. The van der Waals surface area contributed by atoms with Crippen molar-refractivity contribution < 1.29 is 4.79 Å². The zero-order chi connectivity index (χ0) is 20.1. The number of rotatable bonds is 2. The van der Waals surface area contributed by atoms with Gasteiger partial charge in [0.2, 0.25) is 0 Å². The highest BCUT2D eigenvalue weighted by molar-refractivity contribution is 6.76. The molecule has 0 saturated carbocycles. The predicted molar refractivity (Wildman–Crippen MR) is 118 cm³/mol. The Morgan fingerprint density at radius 3 is 2.37 bits per heavy atom. The van der Waals surface area contributed by atoms with Crippen molar-refractivity contribution in [1.29, 1.82) is 0 Å². The van der Waals surface area contributed by atoms with E-state index in [2.05, 4.69) is 59.0 Å². The van der Waals surface area contributed by atoms with Crippen LogP contribution in [-0.2, 0) is 16.6 Å². The van der Waals surface area contributed by atoms with Crippen LogP contribution in [0.1, 0.15) is 63.3 Å². The van der Waals surface area contributed by atoms with Crippen LogP contribution in [0.5, 0.6) is 0 Å². The third-order valence-corrected chi connectivity index (χ3v) is 7.38. The summed E-state index contributed by atoms with van der Waals surface area (Å²) in [4.78, 5) is 11.9. The molecule has 0 fully saturated rings. The maximum absolute atomic E-state index is 11.9. The van der Waals surface area contributed by atoms with Gasteiger partial charge in [-0.3, -0.25) is 10.5 Å². The van der Waals surface area contributed by atoms with Crippen LogP contribution in [0.4, 0.5) is 0 Å². The summed E-state index contributed by atoms with van der Waals surface area (Å²) in [5.41, 5.74) is 17.3. The first kappa shape index (κ1) is 19.8. The molecule has 2 aliphatic rings. The normalized spacial score (nSPS) is 16.9. The van der Waals surface area contributed by atoms with Crippen molar-refractivity contribution in [2.75, 3.05) is 0 Å². The number of nitrogens with one attached hydrogen (secondary N) is 1. The highest BCUT2D eigenvalue weighted by Gasteiger charge is 2.28. The third-order valence-electron chi connectivity index (χ3n) is 5.72. The average Bonchev–Trinajstić information content (AvgIpc) is 2.92. The summed E-state index contributed by atoms with van der Waals surface area (Å²) in [5, 5.41) is 1.47. The van der Waals surface area contributed by atoms with Gasteiger partial charge in [0, 0.05) is 14.0 Å². The number of carbonyl (C=O) groups is 1. The molecular formula is C24H30NOSi. The summed E-state index contributed by atoms with van der Waals surface area (Å²) in [7, 11) is -0.665. The van der Waals surface area contributed by atoms with Crippen molar-refractivity contribution in [2.45, 2.75) is 66.0 Å². The van der Waals surface area contributed by atoms with Crippen LogP contribution in [0, 0.1) is 0 Å². The lowest BCUT2D eigenvalue weighted by molar-refractivity contribution is -0.114. The topological polar surface area (TPSA) is 40.9 Å². The quantitative estimate of drug-likeness (QED) is 0.640. The monoisotopic (exact) mass is 376 g/mol. The van der Waals surface area contributed by atoms with Gasteiger partial charge in [0.15, 0.2) is 0 Å². The Morgan fingerprint density at radius 1 is 1.15 bits per heavy atom. The highest BCUT2D eigenvalue weighted by atomic mass is 28.2. The third kappa shape index (κ3) is 3.57. The molecule has 1 radical (unpaired) electrons. The molecule has 1 amide bonds. The second-order valence-electron chi connectivity index (χ2n) is 9.14.